The number of carbonyl (C=O) groups excluding carboxylic acids is 2. The molecule has 1 aliphatic heterocycles. The lowest BCUT2D eigenvalue weighted by molar-refractivity contribution is -0.149. The third-order valence-electron chi connectivity index (χ3n) is 7.18. The zero-order chi connectivity index (χ0) is 23.7. The normalized spacial score (nSPS) is 26.1. The number of rotatable bonds is 5. The summed E-state index contributed by atoms with van der Waals surface area (Å²) in [5.74, 6) is -0.0688. The van der Waals surface area contributed by atoms with Crippen LogP contribution in [0, 0.1) is 11.8 Å². The minimum absolute atomic E-state index is 0.0407. The van der Waals surface area contributed by atoms with E-state index in [9.17, 15) is 9.59 Å². The molecule has 6 nitrogen and oxygen atoms in total. The van der Waals surface area contributed by atoms with Gasteiger partial charge in [0.15, 0.2) is 0 Å². The molecule has 1 N–H and O–H groups in total. The number of nitrogens with one attached hydrogen (secondary N) is 1. The fourth-order valence-corrected chi connectivity index (χ4v) is 6.39. The summed E-state index contributed by atoms with van der Waals surface area (Å²) < 4.78 is 5.85. The van der Waals surface area contributed by atoms with E-state index in [0.717, 1.165) is 41.8 Å². The van der Waals surface area contributed by atoms with E-state index in [1.807, 2.05) is 44.2 Å². The molecule has 1 saturated heterocycles. The summed E-state index contributed by atoms with van der Waals surface area (Å²) in [4.78, 5) is 34.3. The number of pyridine rings is 1. The van der Waals surface area contributed by atoms with E-state index in [2.05, 4.69) is 27.4 Å². The summed E-state index contributed by atoms with van der Waals surface area (Å²) >= 11 is 1.46. The predicted octanol–water partition coefficient (Wildman–Crippen LogP) is 5.23. The van der Waals surface area contributed by atoms with Gasteiger partial charge in [-0.05, 0) is 63.1 Å². The average Bonchev–Trinajstić information content (AvgIpc) is 3.43. The van der Waals surface area contributed by atoms with Crippen LogP contribution in [0.1, 0.15) is 61.5 Å². The molecule has 0 spiro atoms. The van der Waals surface area contributed by atoms with Gasteiger partial charge in [0.25, 0.3) is 5.91 Å². The van der Waals surface area contributed by atoms with Gasteiger partial charge in [0.1, 0.15) is 16.3 Å². The van der Waals surface area contributed by atoms with Crippen molar-refractivity contribution >= 4 is 23.2 Å². The number of esters is 1. The molecule has 2 aromatic heterocycles. The van der Waals surface area contributed by atoms with Crippen LogP contribution in [0.3, 0.4) is 0 Å². The highest BCUT2D eigenvalue weighted by atomic mass is 32.1. The van der Waals surface area contributed by atoms with E-state index < -0.39 is 5.60 Å². The van der Waals surface area contributed by atoms with Crippen LogP contribution in [0.5, 0.6) is 0 Å². The van der Waals surface area contributed by atoms with Gasteiger partial charge in [-0.3, -0.25) is 14.6 Å². The zero-order valence-electron chi connectivity index (χ0n) is 19.4. The second-order valence-corrected chi connectivity index (χ2v) is 10.7. The molecule has 7 heteroatoms. The Labute approximate surface area is 203 Å². The van der Waals surface area contributed by atoms with Crippen molar-refractivity contribution in [2.24, 2.45) is 11.8 Å². The molecule has 1 unspecified atom stereocenters. The summed E-state index contributed by atoms with van der Waals surface area (Å²) in [6.45, 7) is 4.03. The summed E-state index contributed by atoms with van der Waals surface area (Å²) in [7, 11) is 0. The van der Waals surface area contributed by atoms with Crippen molar-refractivity contribution in [3.8, 4) is 10.6 Å². The highest BCUT2D eigenvalue weighted by Crippen LogP contribution is 2.50. The molecule has 1 saturated carbocycles. The van der Waals surface area contributed by atoms with Crippen LogP contribution >= 0.6 is 11.3 Å². The van der Waals surface area contributed by atoms with Gasteiger partial charge < -0.3 is 10.1 Å². The number of thiazole rings is 1. The lowest BCUT2D eigenvalue weighted by Crippen LogP contribution is -2.40. The first-order valence-corrected chi connectivity index (χ1v) is 12.7. The Hall–Kier alpha value is -3.06. The third-order valence-corrected chi connectivity index (χ3v) is 8.07. The molecule has 1 aliphatic carbocycles. The molecule has 176 valence electrons. The second kappa shape index (κ2) is 9.29. The number of hydrogen-bond donors (Lipinski definition) is 1. The number of benzene rings is 1. The Balaban J connectivity index is 1.22. The molecular formula is C27H29N3O3S. The lowest BCUT2D eigenvalue weighted by Gasteiger charge is -2.35. The van der Waals surface area contributed by atoms with Crippen LogP contribution in [0.25, 0.3) is 10.6 Å². The summed E-state index contributed by atoms with van der Waals surface area (Å²) in [5.41, 5.74) is 2.04. The minimum atomic E-state index is -0.523. The van der Waals surface area contributed by atoms with Gasteiger partial charge in [0, 0.05) is 35.3 Å². The van der Waals surface area contributed by atoms with Crippen molar-refractivity contribution in [2.75, 3.05) is 0 Å². The number of carbonyl (C=O) groups is 2. The smallest absolute Gasteiger partial charge is 0.310 e. The van der Waals surface area contributed by atoms with Gasteiger partial charge in [-0.15, -0.1) is 11.3 Å². The number of cyclic esters (lactones) is 1. The Morgan fingerprint density at radius 2 is 1.76 bits per heavy atom. The molecular weight excluding hydrogens is 446 g/mol. The van der Waals surface area contributed by atoms with E-state index >= 15 is 0 Å². The van der Waals surface area contributed by atoms with Crippen LogP contribution in [-0.4, -0.2) is 33.5 Å². The molecule has 34 heavy (non-hydrogen) atoms. The maximum atomic E-state index is 12.9. The standard InChI is InChI=1S/C27H29N3O3S/c1-27(2)23(18-6-4-3-5-7-18)22(26(32)33-27)17-8-10-20(11-9-17)29-24(31)21-16-34-25(30-21)19-12-14-28-15-13-19/h3-7,12-17,20,22-23H,8-11H2,1-2H3,(H,29,31)/t17?,20?,22?,23-/m1/s1. The first-order valence-electron chi connectivity index (χ1n) is 11.9. The molecule has 3 aromatic rings. The Morgan fingerprint density at radius 1 is 1.06 bits per heavy atom. The van der Waals surface area contributed by atoms with E-state index in [-0.39, 0.29) is 35.7 Å². The first-order chi connectivity index (χ1) is 16.4. The predicted molar refractivity (Wildman–Crippen MR) is 131 cm³/mol. The first kappa shape index (κ1) is 22.7. The zero-order valence-corrected chi connectivity index (χ0v) is 20.3. The fourth-order valence-electron chi connectivity index (χ4n) is 5.58. The van der Waals surface area contributed by atoms with Crippen LogP contribution < -0.4 is 5.32 Å². The van der Waals surface area contributed by atoms with Crippen LogP contribution in [0.15, 0.2) is 60.2 Å². The highest BCUT2D eigenvalue weighted by molar-refractivity contribution is 7.13. The van der Waals surface area contributed by atoms with Crippen LogP contribution in [-0.2, 0) is 9.53 Å². The molecule has 1 aromatic carbocycles. The van der Waals surface area contributed by atoms with Crippen molar-refractivity contribution in [1.82, 2.24) is 15.3 Å². The molecule has 2 aliphatic rings. The molecule has 0 radical (unpaired) electrons. The van der Waals surface area contributed by atoms with Gasteiger partial charge in [-0.25, -0.2) is 4.98 Å². The number of hydrogen-bond acceptors (Lipinski definition) is 6. The third kappa shape index (κ3) is 4.49. The SMILES string of the molecule is CC1(C)OC(=O)C(C2CCC(NC(=O)c3csc(-c4ccncc4)n3)CC2)[C@H]1c1ccccc1. The Morgan fingerprint density at radius 3 is 2.47 bits per heavy atom. The van der Waals surface area contributed by atoms with Crippen molar-refractivity contribution in [1.29, 1.82) is 0 Å². The van der Waals surface area contributed by atoms with Crippen LogP contribution in [0.2, 0.25) is 0 Å². The van der Waals surface area contributed by atoms with Crippen molar-refractivity contribution in [3.63, 3.8) is 0 Å². The number of nitrogens with zero attached hydrogens (tertiary/aromatic N) is 2. The molecule has 1 amide bonds. The highest BCUT2D eigenvalue weighted by Gasteiger charge is 2.53. The molecule has 2 atom stereocenters. The van der Waals surface area contributed by atoms with Crippen molar-refractivity contribution in [3.05, 3.63) is 71.5 Å². The Kier molecular flexibility index (Phi) is 6.21. The maximum absolute atomic E-state index is 12.9. The van der Waals surface area contributed by atoms with E-state index in [0.29, 0.717) is 5.69 Å². The van der Waals surface area contributed by atoms with Crippen molar-refractivity contribution < 1.29 is 14.3 Å². The van der Waals surface area contributed by atoms with E-state index in [1.165, 1.54) is 11.3 Å². The average molecular weight is 476 g/mol. The van der Waals surface area contributed by atoms with E-state index in [4.69, 9.17) is 4.74 Å². The van der Waals surface area contributed by atoms with Crippen molar-refractivity contribution in [2.45, 2.75) is 57.1 Å². The van der Waals surface area contributed by atoms with Gasteiger partial charge in [0.2, 0.25) is 0 Å². The maximum Gasteiger partial charge on any atom is 0.310 e. The largest absolute Gasteiger partial charge is 0.459 e. The molecule has 0 bridgehead atoms. The fraction of sp³-hybridized carbons (Fsp3) is 0.407. The summed E-state index contributed by atoms with van der Waals surface area (Å²) in [6.07, 6.45) is 6.93. The van der Waals surface area contributed by atoms with Crippen LogP contribution in [0.4, 0.5) is 0 Å². The Bertz CT molecular complexity index is 1150. The number of amides is 1. The number of aromatic nitrogens is 2. The molecule has 2 fully saturated rings. The molecule has 3 heterocycles. The summed E-state index contributed by atoms with van der Waals surface area (Å²) in [6, 6.07) is 14.1. The molecule has 5 rings (SSSR count). The van der Waals surface area contributed by atoms with Gasteiger partial charge in [0.05, 0.1) is 5.92 Å². The van der Waals surface area contributed by atoms with Gasteiger partial charge >= 0.3 is 5.97 Å². The van der Waals surface area contributed by atoms with Gasteiger partial charge in [-0.2, -0.15) is 0 Å². The lowest BCUT2D eigenvalue weighted by atomic mass is 9.68. The summed E-state index contributed by atoms with van der Waals surface area (Å²) in [5, 5.41) is 5.77. The monoisotopic (exact) mass is 475 g/mol. The topological polar surface area (TPSA) is 81.2 Å². The minimum Gasteiger partial charge on any atom is -0.459 e. The quantitative estimate of drug-likeness (QED) is 0.511. The van der Waals surface area contributed by atoms with Gasteiger partial charge in [-0.1, -0.05) is 30.3 Å². The number of ether oxygens (including phenoxy) is 1. The second-order valence-electron chi connectivity index (χ2n) is 9.80. The van der Waals surface area contributed by atoms with E-state index in [1.54, 1.807) is 17.8 Å².